The molecule has 0 saturated carbocycles. The number of amides is 1. The Labute approximate surface area is 135 Å². The van der Waals surface area contributed by atoms with Crippen molar-refractivity contribution in [3.05, 3.63) is 22.5 Å². The van der Waals surface area contributed by atoms with Crippen molar-refractivity contribution in [3.8, 4) is 0 Å². The molecule has 6 nitrogen and oxygen atoms in total. The number of carboxylic acids is 1. The lowest BCUT2D eigenvalue weighted by atomic mass is 10.2. The number of nitrogens with one attached hydrogen (secondary N) is 1. The number of carbonyl (C=O) groups is 2. The molecule has 1 aromatic heterocycles. The fourth-order valence-electron chi connectivity index (χ4n) is 1.78. The molecule has 1 amide bonds. The molecular weight excluding hydrogens is 306 g/mol. The Hall–Kier alpha value is -1.82. The highest BCUT2D eigenvalue weighted by molar-refractivity contribution is 6.31. The lowest BCUT2D eigenvalue weighted by Crippen LogP contribution is -2.30. The van der Waals surface area contributed by atoms with E-state index in [0.717, 1.165) is 5.69 Å². The van der Waals surface area contributed by atoms with Crippen LogP contribution in [0.25, 0.3) is 6.08 Å². The number of rotatable bonds is 7. The van der Waals surface area contributed by atoms with E-state index in [1.807, 2.05) is 6.92 Å². The molecule has 1 aromatic rings. The number of aliphatic carboxylic acids is 1. The van der Waals surface area contributed by atoms with Crippen molar-refractivity contribution in [1.29, 1.82) is 0 Å². The number of carbonyl (C=O) groups excluding carboxylic acids is 1. The van der Waals surface area contributed by atoms with Gasteiger partial charge in [-0.2, -0.15) is 5.10 Å². The normalized spacial score (nSPS) is 12.8. The van der Waals surface area contributed by atoms with Crippen LogP contribution in [0.15, 0.2) is 6.08 Å². The summed E-state index contributed by atoms with van der Waals surface area (Å²) in [6.07, 6.45) is 2.94. The monoisotopic (exact) mass is 327 g/mol. The largest absolute Gasteiger partial charge is 0.481 e. The van der Waals surface area contributed by atoms with Crippen LogP contribution in [0.1, 0.15) is 32.0 Å². The number of halogens is 1. The number of hydrogen-bond donors (Lipinski definition) is 2. The molecule has 7 heteroatoms. The maximum Gasteiger partial charge on any atom is 0.308 e. The van der Waals surface area contributed by atoms with Crippen molar-refractivity contribution >= 4 is 29.6 Å². The third-order valence-corrected chi connectivity index (χ3v) is 3.45. The van der Waals surface area contributed by atoms with Crippen LogP contribution in [-0.4, -0.2) is 33.3 Å². The molecule has 0 aliphatic carbocycles. The molecule has 1 unspecified atom stereocenters. The molecule has 0 aliphatic heterocycles. The van der Waals surface area contributed by atoms with Crippen LogP contribution >= 0.6 is 11.6 Å². The predicted molar refractivity (Wildman–Crippen MR) is 85.7 cm³/mol. The third-order valence-electron chi connectivity index (χ3n) is 3.05. The van der Waals surface area contributed by atoms with Gasteiger partial charge in [0, 0.05) is 24.7 Å². The summed E-state index contributed by atoms with van der Waals surface area (Å²) >= 11 is 6.27. The lowest BCUT2D eigenvalue weighted by Gasteiger charge is -2.06. The Morgan fingerprint density at radius 1 is 1.41 bits per heavy atom. The van der Waals surface area contributed by atoms with Crippen molar-refractivity contribution in [3.63, 3.8) is 0 Å². The molecular formula is C15H22ClN3O3. The molecule has 0 bridgehead atoms. The highest BCUT2D eigenvalue weighted by Crippen LogP contribution is 2.22. The minimum atomic E-state index is -0.946. The second-order valence-electron chi connectivity index (χ2n) is 5.68. The Kier molecular flexibility index (Phi) is 6.61. The smallest absolute Gasteiger partial charge is 0.308 e. The van der Waals surface area contributed by atoms with Crippen molar-refractivity contribution in [2.75, 3.05) is 6.54 Å². The fourth-order valence-corrected chi connectivity index (χ4v) is 2.09. The molecule has 0 aliphatic rings. The highest BCUT2D eigenvalue weighted by Gasteiger charge is 2.13. The first-order valence-corrected chi connectivity index (χ1v) is 7.51. The molecule has 1 atom stereocenters. The molecule has 22 heavy (non-hydrogen) atoms. The summed E-state index contributed by atoms with van der Waals surface area (Å²) in [5.41, 5.74) is 1.44. The zero-order valence-corrected chi connectivity index (χ0v) is 14.0. The van der Waals surface area contributed by atoms with Crippen molar-refractivity contribution in [2.24, 2.45) is 11.8 Å². The van der Waals surface area contributed by atoms with Crippen LogP contribution in [0.2, 0.25) is 5.15 Å². The molecule has 0 fully saturated rings. The maximum absolute atomic E-state index is 11.7. The van der Waals surface area contributed by atoms with Gasteiger partial charge in [0.05, 0.1) is 11.6 Å². The number of nitrogens with zero attached hydrogens (tertiary/aromatic N) is 2. The molecule has 0 radical (unpaired) electrons. The summed E-state index contributed by atoms with van der Waals surface area (Å²) in [6, 6.07) is 0. The molecule has 1 rings (SSSR count). The maximum atomic E-state index is 11.7. The number of aromatic nitrogens is 2. The SMILES string of the molecule is Cc1nn(CC(C)C)c(Cl)c1C=CC(=O)NCC(C)C(=O)O. The van der Waals surface area contributed by atoms with E-state index in [1.165, 1.54) is 13.0 Å². The van der Waals surface area contributed by atoms with Crippen LogP contribution in [0, 0.1) is 18.8 Å². The van der Waals surface area contributed by atoms with E-state index in [2.05, 4.69) is 24.3 Å². The van der Waals surface area contributed by atoms with Gasteiger partial charge in [-0.25, -0.2) is 0 Å². The van der Waals surface area contributed by atoms with Gasteiger partial charge in [0.15, 0.2) is 0 Å². The fraction of sp³-hybridized carbons (Fsp3) is 0.533. The second-order valence-corrected chi connectivity index (χ2v) is 6.04. The van der Waals surface area contributed by atoms with Crippen molar-refractivity contribution in [2.45, 2.75) is 34.2 Å². The standard InChI is InChI=1S/C15H22ClN3O3/c1-9(2)8-19-14(16)12(11(4)18-19)5-6-13(20)17-7-10(3)15(21)22/h5-6,9-10H,7-8H2,1-4H3,(H,17,20)(H,21,22). The number of carboxylic acid groups (broad SMARTS) is 1. The van der Waals surface area contributed by atoms with Gasteiger partial charge in [-0.05, 0) is 18.9 Å². The third kappa shape index (κ3) is 5.18. The van der Waals surface area contributed by atoms with E-state index in [4.69, 9.17) is 16.7 Å². The predicted octanol–water partition coefficient (Wildman–Crippen LogP) is 2.35. The van der Waals surface area contributed by atoms with Gasteiger partial charge in [-0.3, -0.25) is 14.3 Å². The molecule has 0 saturated heterocycles. The van der Waals surface area contributed by atoms with E-state index < -0.39 is 11.9 Å². The summed E-state index contributed by atoms with van der Waals surface area (Å²) in [5.74, 6) is -1.52. The van der Waals surface area contributed by atoms with Crippen molar-refractivity contribution in [1.82, 2.24) is 15.1 Å². The van der Waals surface area contributed by atoms with Gasteiger partial charge in [0.2, 0.25) is 5.91 Å². The summed E-state index contributed by atoms with van der Waals surface area (Å²) in [7, 11) is 0. The van der Waals surface area contributed by atoms with E-state index in [9.17, 15) is 9.59 Å². The van der Waals surface area contributed by atoms with Crippen LogP contribution in [0.3, 0.4) is 0 Å². The molecule has 0 spiro atoms. The lowest BCUT2D eigenvalue weighted by molar-refractivity contribution is -0.141. The van der Waals surface area contributed by atoms with Gasteiger partial charge < -0.3 is 10.4 Å². The van der Waals surface area contributed by atoms with Crippen LogP contribution < -0.4 is 5.32 Å². The zero-order valence-electron chi connectivity index (χ0n) is 13.3. The number of hydrogen-bond acceptors (Lipinski definition) is 3. The first-order chi connectivity index (χ1) is 10.2. The molecule has 122 valence electrons. The topological polar surface area (TPSA) is 84.2 Å². The van der Waals surface area contributed by atoms with Gasteiger partial charge in [-0.1, -0.05) is 32.4 Å². The van der Waals surface area contributed by atoms with Gasteiger partial charge in [-0.15, -0.1) is 0 Å². The first-order valence-electron chi connectivity index (χ1n) is 7.14. The Bertz CT molecular complexity index is 579. The quantitative estimate of drug-likeness (QED) is 0.753. The van der Waals surface area contributed by atoms with Gasteiger partial charge in [0.25, 0.3) is 0 Å². The van der Waals surface area contributed by atoms with Gasteiger partial charge in [0.1, 0.15) is 5.15 Å². The van der Waals surface area contributed by atoms with Crippen LogP contribution in [0.5, 0.6) is 0 Å². The summed E-state index contributed by atoms with van der Waals surface area (Å²) in [6.45, 7) is 8.28. The van der Waals surface area contributed by atoms with E-state index in [-0.39, 0.29) is 12.5 Å². The Morgan fingerprint density at radius 3 is 2.59 bits per heavy atom. The minimum absolute atomic E-state index is 0.0812. The number of aryl methyl sites for hydroxylation is 1. The molecule has 2 N–H and O–H groups in total. The average Bonchev–Trinajstić information content (AvgIpc) is 2.67. The highest BCUT2D eigenvalue weighted by atomic mass is 35.5. The Balaban J connectivity index is 2.72. The van der Waals surface area contributed by atoms with Gasteiger partial charge >= 0.3 is 5.97 Å². The minimum Gasteiger partial charge on any atom is -0.481 e. The zero-order chi connectivity index (χ0) is 16.9. The summed E-state index contributed by atoms with van der Waals surface area (Å²) < 4.78 is 1.71. The molecule has 0 aromatic carbocycles. The summed E-state index contributed by atoms with van der Waals surface area (Å²) in [5, 5.41) is 16.1. The van der Waals surface area contributed by atoms with Crippen molar-refractivity contribution < 1.29 is 14.7 Å². The van der Waals surface area contributed by atoms with E-state index in [0.29, 0.717) is 23.2 Å². The Morgan fingerprint density at radius 2 is 2.05 bits per heavy atom. The molecule has 1 heterocycles. The van der Waals surface area contributed by atoms with E-state index in [1.54, 1.807) is 10.8 Å². The summed E-state index contributed by atoms with van der Waals surface area (Å²) in [4.78, 5) is 22.4. The average molecular weight is 328 g/mol. The second kappa shape index (κ2) is 7.98. The van der Waals surface area contributed by atoms with Crippen LogP contribution in [-0.2, 0) is 16.1 Å². The first kappa shape index (κ1) is 18.2. The van der Waals surface area contributed by atoms with E-state index >= 15 is 0 Å². The van der Waals surface area contributed by atoms with Crippen LogP contribution in [0.4, 0.5) is 0 Å².